The van der Waals surface area contributed by atoms with Gasteiger partial charge in [-0.15, -0.1) is 0 Å². The zero-order valence-corrected chi connectivity index (χ0v) is 18.6. The number of ketones is 1. The average molecular weight is 433 g/mol. The van der Waals surface area contributed by atoms with Gasteiger partial charge in [0.15, 0.2) is 28.8 Å². The minimum atomic E-state index is 0.0573. The fourth-order valence-corrected chi connectivity index (χ4v) is 3.46. The Kier molecular flexibility index (Phi) is 7.92. The summed E-state index contributed by atoms with van der Waals surface area (Å²) in [6.07, 6.45) is 8.57. The molecule has 0 aliphatic heterocycles. The number of ether oxygens (including phenoxy) is 4. The molecule has 1 aliphatic rings. The van der Waals surface area contributed by atoms with Crippen molar-refractivity contribution in [2.75, 3.05) is 27.4 Å². The van der Waals surface area contributed by atoms with Gasteiger partial charge in [0.05, 0.1) is 14.2 Å². The van der Waals surface area contributed by atoms with E-state index < -0.39 is 0 Å². The smallest absolute Gasteiger partial charge is 0.185 e. The molecule has 0 atom stereocenters. The van der Waals surface area contributed by atoms with Gasteiger partial charge in [-0.3, -0.25) is 4.79 Å². The van der Waals surface area contributed by atoms with Crippen molar-refractivity contribution in [3.05, 3.63) is 84.0 Å². The molecular weight excluding hydrogens is 404 g/mol. The Morgan fingerprint density at radius 2 is 1.19 bits per heavy atom. The van der Waals surface area contributed by atoms with Crippen LogP contribution < -0.4 is 18.9 Å². The maximum Gasteiger partial charge on any atom is 0.185 e. The summed E-state index contributed by atoms with van der Waals surface area (Å²) in [5.41, 5.74) is 3.33. The molecule has 0 N–H and O–H groups in total. The monoisotopic (exact) mass is 432 g/mol. The molecule has 0 heterocycles. The number of carbonyl (C=O) groups is 1. The van der Waals surface area contributed by atoms with Gasteiger partial charge < -0.3 is 18.9 Å². The molecule has 0 aromatic heterocycles. The van der Waals surface area contributed by atoms with Crippen LogP contribution in [0.5, 0.6) is 23.0 Å². The molecular formula is C27H28O5. The zero-order valence-electron chi connectivity index (χ0n) is 18.6. The SMILES string of the molecule is C=CCOc1ccc(/C=C2/CC/C(=C/c3ccc(OCC=C)c(OC)c3)C2=O)cc1OC. The third kappa shape index (κ3) is 5.49. The summed E-state index contributed by atoms with van der Waals surface area (Å²) in [7, 11) is 3.19. The molecule has 32 heavy (non-hydrogen) atoms. The molecule has 5 nitrogen and oxygen atoms in total. The van der Waals surface area contributed by atoms with E-state index in [1.54, 1.807) is 26.4 Å². The van der Waals surface area contributed by atoms with E-state index in [0.717, 1.165) is 22.3 Å². The first-order valence-electron chi connectivity index (χ1n) is 10.4. The van der Waals surface area contributed by atoms with Gasteiger partial charge in [-0.05, 0) is 60.4 Å². The van der Waals surface area contributed by atoms with Crippen LogP contribution in [0.1, 0.15) is 24.0 Å². The fraction of sp³-hybridized carbons (Fsp3) is 0.222. The van der Waals surface area contributed by atoms with Crippen molar-refractivity contribution in [3.8, 4) is 23.0 Å². The molecule has 0 saturated heterocycles. The normalized spacial score (nSPS) is 15.6. The lowest BCUT2D eigenvalue weighted by Gasteiger charge is -2.10. The van der Waals surface area contributed by atoms with Crippen LogP contribution in [0, 0.1) is 0 Å². The first-order chi connectivity index (χ1) is 15.6. The Morgan fingerprint density at radius 3 is 1.56 bits per heavy atom. The minimum absolute atomic E-state index is 0.0573. The van der Waals surface area contributed by atoms with Crippen molar-refractivity contribution < 1.29 is 23.7 Å². The number of methoxy groups -OCH3 is 2. The highest BCUT2D eigenvalue weighted by Crippen LogP contribution is 2.34. The lowest BCUT2D eigenvalue weighted by atomic mass is 10.1. The third-order valence-corrected chi connectivity index (χ3v) is 5.02. The van der Waals surface area contributed by atoms with Gasteiger partial charge in [0, 0.05) is 11.1 Å². The largest absolute Gasteiger partial charge is 0.493 e. The lowest BCUT2D eigenvalue weighted by molar-refractivity contribution is -0.111. The second-order valence-electron chi connectivity index (χ2n) is 7.19. The maximum atomic E-state index is 13.0. The third-order valence-electron chi connectivity index (χ3n) is 5.02. The van der Waals surface area contributed by atoms with Crippen LogP contribution in [-0.2, 0) is 4.79 Å². The predicted molar refractivity (Wildman–Crippen MR) is 128 cm³/mol. The quantitative estimate of drug-likeness (QED) is 0.358. The second kappa shape index (κ2) is 11.0. The van der Waals surface area contributed by atoms with Crippen molar-refractivity contribution in [3.63, 3.8) is 0 Å². The van der Waals surface area contributed by atoms with Crippen LogP contribution in [-0.4, -0.2) is 33.2 Å². The van der Waals surface area contributed by atoms with E-state index in [2.05, 4.69) is 13.2 Å². The summed E-state index contributed by atoms with van der Waals surface area (Å²) < 4.78 is 22.0. The van der Waals surface area contributed by atoms with Crippen LogP contribution in [0.3, 0.4) is 0 Å². The number of benzene rings is 2. The zero-order chi connectivity index (χ0) is 22.9. The Bertz CT molecular complexity index is 978. The number of allylic oxidation sites excluding steroid dienone is 2. The molecule has 0 amide bonds. The van der Waals surface area contributed by atoms with Crippen molar-refractivity contribution in [2.45, 2.75) is 12.8 Å². The van der Waals surface area contributed by atoms with E-state index in [0.29, 0.717) is 49.1 Å². The molecule has 0 unspecified atom stereocenters. The van der Waals surface area contributed by atoms with Crippen molar-refractivity contribution >= 4 is 17.9 Å². The summed E-state index contributed by atoms with van der Waals surface area (Å²) in [5, 5.41) is 0. The van der Waals surface area contributed by atoms with Crippen LogP contribution in [0.15, 0.2) is 72.9 Å². The van der Waals surface area contributed by atoms with E-state index in [1.165, 1.54) is 0 Å². The molecule has 5 heteroatoms. The number of Topliss-reactive ketones (excluding diaryl/α,β-unsaturated/α-hetero) is 1. The Labute approximate surface area is 189 Å². The van der Waals surface area contributed by atoms with Gasteiger partial charge in [0.25, 0.3) is 0 Å². The van der Waals surface area contributed by atoms with Crippen molar-refractivity contribution in [1.82, 2.24) is 0 Å². The Hall–Kier alpha value is -3.73. The summed E-state index contributed by atoms with van der Waals surface area (Å²) in [4.78, 5) is 13.0. The molecule has 1 fully saturated rings. The fourth-order valence-electron chi connectivity index (χ4n) is 3.46. The topological polar surface area (TPSA) is 54.0 Å². The molecule has 3 rings (SSSR count). The number of hydrogen-bond acceptors (Lipinski definition) is 5. The molecule has 0 radical (unpaired) electrons. The summed E-state index contributed by atoms with van der Waals surface area (Å²) in [6, 6.07) is 11.2. The van der Waals surface area contributed by atoms with E-state index in [4.69, 9.17) is 18.9 Å². The van der Waals surface area contributed by atoms with Crippen molar-refractivity contribution in [1.29, 1.82) is 0 Å². The van der Waals surface area contributed by atoms with Crippen LogP contribution in [0.2, 0.25) is 0 Å². The number of hydrogen-bond donors (Lipinski definition) is 0. The second-order valence-corrected chi connectivity index (χ2v) is 7.19. The highest BCUT2D eigenvalue weighted by molar-refractivity contribution is 6.15. The highest BCUT2D eigenvalue weighted by atomic mass is 16.5. The number of carbonyl (C=O) groups excluding carboxylic acids is 1. The highest BCUT2D eigenvalue weighted by Gasteiger charge is 2.23. The van der Waals surface area contributed by atoms with Crippen LogP contribution in [0.25, 0.3) is 12.2 Å². The summed E-state index contributed by atoms with van der Waals surface area (Å²) >= 11 is 0. The standard InChI is InChI=1S/C27H28O5/c1-5-13-31-23-11-7-19(17-25(23)29-3)15-21-9-10-22(27(21)28)16-20-8-12-24(32-14-6-2)26(18-20)30-4/h5-8,11-12,15-18H,1-2,9-10,13-14H2,3-4H3/b21-15-,22-16-. The van der Waals surface area contributed by atoms with Gasteiger partial charge in [0.1, 0.15) is 13.2 Å². The van der Waals surface area contributed by atoms with Gasteiger partial charge in [-0.2, -0.15) is 0 Å². The summed E-state index contributed by atoms with van der Waals surface area (Å²) in [6.45, 7) is 8.10. The molecule has 0 bridgehead atoms. The molecule has 1 aliphatic carbocycles. The summed E-state index contributed by atoms with van der Waals surface area (Å²) in [5.74, 6) is 2.58. The first-order valence-corrected chi connectivity index (χ1v) is 10.4. The molecule has 166 valence electrons. The van der Waals surface area contributed by atoms with E-state index in [1.807, 2.05) is 48.6 Å². The average Bonchev–Trinajstić information content (AvgIpc) is 3.15. The van der Waals surface area contributed by atoms with E-state index >= 15 is 0 Å². The van der Waals surface area contributed by atoms with Crippen LogP contribution in [0.4, 0.5) is 0 Å². The first kappa shape index (κ1) is 22.9. The van der Waals surface area contributed by atoms with E-state index in [9.17, 15) is 4.79 Å². The van der Waals surface area contributed by atoms with Gasteiger partial charge in [-0.25, -0.2) is 0 Å². The van der Waals surface area contributed by atoms with Gasteiger partial charge in [0.2, 0.25) is 0 Å². The van der Waals surface area contributed by atoms with Crippen molar-refractivity contribution in [2.24, 2.45) is 0 Å². The maximum absolute atomic E-state index is 13.0. The molecule has 0 spiro atoms. The Morgan fingerprint density at radius 1 is 0.750 bits per heavy atom. The van der Waals surface area contributed by atoms with E-state index in [-0.39, 0.29) is 5.78 Å². The van der Waals surface area contributed by atoms with Gasteiger partial charge in [-0.1, -0.05) is 37.4 Å². The predicted octanol–water partition coefficient (Wildman–Crippen LogP) is 5.66. The van der Waals surface area contributed by atoms with Gasteiger partial charge >= 0.3 is 0 Å². The molecule has 2 aromatic rings. The Balaban J connectivity index is 1.79. The molecule has 1 saturated carbocycles. The lowest BCUT2D eigenvalue weighted by Crippen LogP contribution is -1.98. The minimum Gasteiger partial charge on any atom is -0.493 e. The number of rotatable bonds is 10. The van der Waals surface area contributed by atoms with Crippen LogP contribution >= 0.6 is 0 Å². The molecule has 2 aromatic carbocycles.